The molecule has 2 aliphatic rings. The number of methoxy groups -OCH3 is 2. The van der Waals surface area contributed by atoms with Gasteiger partial charge < -0.3 is 19.3 Å². The van der Waals surface area contributed by atoms with E-state index in [0.717, 1.165) is 31.2 Å². The summed E-state index contributed by atoms with van der Waals surface area (Å²) < 4.78 is 18.5. The van der Waals surface area contributed by atoms with E-state index >= 15 is 0 Å². The summed E-state index contributed by atoms with van der Waals surface area (Å²) >= 11 is 0. The molecule has 1 aliphatic carbocycles. The van der Waals surface area contributed by atoms with Crippen LogP contribution in [0.4, 0.5) is 0 Å². The van der Waals surface area contributed by atoms with Crippen LogP contribution in [0.3, 0.4) is 0 Å². The van der Waals surface area contributed by atoms with Crippen molar-refractivity contribution in [2.75, 3.05) is 14.2 Å². The van der Waals surface area contributed by atoms with Crippen molar-refractivity contribution in [3.05, 3.63) is 76.4 Å². The zero-order chi connectivity index (χ0) is 26.8. The minimum absolute atomic E-state index is 0.0565. The smallest absolute Gasteiger partial charge is 0.200 e. The number of ether oxygens (including phenoxy) is 3. The topological polar surface area (TPSA) is 65.0 Å². The number of benzene rings is 2. The fraction of sp³-hybridized carbons (Fsp3) is 0.469. The molecule has 0 saturated carbocycles. The van der Waals surface area contributed by atoms with Crippen molar-refractivity contribution in [3.63, 3.8) is 0 Å². The molecule has 5 heteroatoms. The molecule has 4 rings (SSSR count). The summed E-state index contributed by atoms with van der Waals surface area (Å²) in [6.45, 7) is 8.56. The third-order valence-electron chi connectivity index (χ3n) is 7.99. The summed E-state index contributed by atoms with van der Waals surface area (Å²) in [4.78, 5) is 13.9. The van der Waals surface area contributed by atoms with Gasteiger partial charge in [0.1, 0.15) is 28.4 Å². The molecule has 2 atom stereocenters. The molecule has 0 bridgehead atoms. The van der Waals surface area contributed by atoms with E-state index in [1.54, 1.807) is 19.2 Å². The lowest BCUT2D eigenvalue weighted by molar-refractivity contribution is 0.00631. The van der Waals surface area contributed by atoms with Gasteiger partial charge in [-0.1, -0.05) is 68.0 Å². The first-order chi connectivity index (χ1) is 17.6. The Kier molecular flexibility index (Phi) is 7.84. The van der Waals surface area contributed by atoms with Gasteiger partial charge in [-0.15, -0.1) is 0 Å². The molecule has 2 aromatic rings. The summed E-state index contributed by atoms with van der Waals surface area (Å²) in [6, 6.07) is 9.14. The fourth-order valence-corrected chi connectivity index (χ4v) is 5.66. The number of allylic oxidation sites excluding steroid dienone is 3. The predicted octanol–water partition coefficient (Wildman–Crippen LogP) is 6.84. The number of ketones is 1. The minimum atomic E-state index is -0.521. The standard InChI is InChI=1S/C32H40O5/c1-21-13-14-23-19-24-28(35-5)25(20-33)29(36-6)26(27(34)22-11-8-7-9-12-22)30(24)37-32(23,4)17-10-16-31(2,3)18-15-21/h7-12,15-16,23,33H,13-14,17-20H2,1-6H3/b16-10+,21-15+/t23-,32+/m1/s1. The molecule has 0 fully saturated rings. The van der Waals surface area contributed by atoms with Gasteiger partial charge in [0.05, 0.1) is 26.4 Å². The van der Waals surface area contributed by atoms with Crippen LogP contribution < -0.4 is 14.2 Å². The number of rotatable bonds is 5. The lowest BCUT2D eigenvalue weighted by atomic mass is 9.74. The lowest BCUT2D eigenvalue weighted by Crippen LogP contribution is -2.45. The van der Waals surface area contributed by atoms with Crippen molar-refractivity contribution in [2.45, 2.75) is 72.0 Å². The molecule has 2 aromatic carbocycles. The number of aliphatic hydroxyl groups is 1. The van der Waals surface area contributed by atoms with E-state index in [9.17, 15) is 9.90 Å². The van der Waals surface area contributed by atoms with Crippen LogP contribution >= 0.6 is 0 Å². The summed E-state index contributed by atoms with van der Waals surface area (Å²) in [6.07, 6.45) is 11.2. The van der Waals surface area contributed by atoms with Crippen molar-refractivity contribution < 1.29 is 24.1 Å². The highest BCUT2D eigenvalue weighted by Gasteiger charge is 2.44. The van der Waals surface area contributed by atoms with Crippen LogP contribution in [0.5, 0.6) is 17.2 Å². The number of carbonyl (C=O) groups is 1. The second-order valence-electron chi connectivity index (χ2n) is 11.3. The van der Waals surface area contributed by atoms with Crippen molar-refractivity contribution in [3.8, 4) is 17.2 Å². The molecule has 37 heavy (non-hydrogen) atoms. The Bertz CT molecular complexity index is 1210. The van der Waals surface area contributed by atoms with Gasteiger partial charge in [0.2, 0.25) is 5.78 Å². The maximum absolute atomic E-state index is 13.9. The van der Waals surface area contributed by atoms with E-state index in [-0.39, 0.29) is 23.7 Å². The molecule has 0 aromatic heterocycles. The highest BCUT2D eigenvalue weighted by atomic mass is 16.5. The summed E-state index contributed by atoms with van der Waals surface area (Å²) in [7, 11) is 3.11. The first-order valence-electron chi connectivity index (χ1n) is 13.2. The largest absolute Gasteiger partial charge is 0.496 e. The molecule has 0 amide bonds. The van der Waals surface area contributed by atoms with Crippen LogP contribution in [-0.2, 0) is 13.0 Å². The van der Waals surface area contributed by atoms with Gasteiger partial charge >= 0.3 is 0 Å². The Morgan fingerprint density at radius 2 is 1.78 bits per heavy atom. The van der Waals surface area contributed by atoms with E-state index in [4.69, 9.17) is 14.2 Å². The second-order valence-corrected chi connectivity index (χ2v) is 11.3. The molecular weight excluding hydrogens is 464 g/mol. The maximum Gasteiger partial charge on any atom is 0.200 e. The molecule has 1 heterocycles. The number of fused-ring (bicyclic) bond motifs is 2. The molecule has 0 saturated heterocycles. The average Bonchev–Trinajstić information content (AvgIpc) is 2.90. The van der Waals surface area contributed by atoms with Crippen molar-refractivity contribution in [2.24, 2.45) is 11.3 Å². The van der Waals surface area contributed by atoms with Gasteiger partial charge in [0.15, 0.2) is 0 Å². The molecule has 198 valence electrons. The zero-order valence-electron chi connectivity index (χ0n) is 23.0. The van der Waals surface area contributed by atoms with E-state index < -0.39 is 5.60 Å². The van der Waals surface area contributed by atoms with Gasteiger partial charge in [0, 0.05) is 23.5 Å². The molecule has 1 N–H and O–H groups in total. The first-order valence-corrected chi connectivity index (χ1v) is 13.2. The van der Waals surface area contributed by atoms with Crippen LogP contribution in [0, 0.1) is 11.3 Å². The predicted molar refractivity (Wildman–Crippen MR) is 147 cm³/mol. The quantitative estimate of drug-likeness (QED) is 0.357. The number of carbonyl (C=O) groups excluding carboxylic acids is 1. The Labute approximate surface area is 221 Å². The van der Waals surface area contributed by atoms with Gasteiger partial charge in [-0.3, -0.25) is 4.79 Å². The van der Waals surface area contributed by atoms with Gasteiger partial charge in [-0.2, -0.15) is 0 Å². The molecular formula is C32H40O5. The number of aliphatic hydroxyl groups excluding tert-OH is 1. The van der Waals surface area contributed by atoms with Crippen molar-refractivity contribution >= 4 is 5.78 Å². The Hall–Kier alpha value is -3.05. The van der Waals surface area contributed by atoms with Crippen LogP contribution in [0.2, 0.25) is 0 Å². The van der Waals surface area contributed by atoms with E-state index in [1.165, 1.54) is 12.7 Å². The normalized spacial score (nSPS) is 25.3. The summed E-state index contributed by atoms with van der Waals surface area (Å²) in [5.41, 5.74) is 3.11. The Morgan fingerprint density at radius 1 is 1.08 bits per heavy atom. The van der Waals surface area contributed by atoms with Crippen LogP contribution in [0.25, 0.3) is 0 Å². The monoisotopic (exact) mass is 504 g/mol. The van der Waals surface area contributed by atoms with Crippen LogP contribution in [0.15, 0.2) is 54.1 Å². The highest BCUT2D eigenvalue weighted by Crippen LogP contribution is 2.52. The molecule has 0 unspecified atom stereocenters. The fourth-order valence-electron chi connectivity index (χ4n) is 5.66. The molecule has 0 spiro atoms. The van der Waals surface area contributed by atoms with Crippen molar-refractivity contribution in [1.82, 2.24) is 0 Å². The molecule has 0 radical (unpaired) electrons. The van der Waals surface area contributed by atoms with Crippen LogP contribution in [0.1, 0.15) is 80.4 Å². The van der Waals surface area contributed by atoms with Gasteiger partial charge in [-0.25, -0.2) is 0 Å². The molecule has 1 aliphatic heterocycles. The third kappa shape index (κ3) is 5.33. The SMILES string of the molecule is COc1c(CO)c(OC)c(C(=O)c2ccccc2)c2c1C[C@H]1CC/C(C)=C/CC(C)(C)/C=C/C[C@]1(C)O2. The minimum Gasteiger partial charge on any atom is -0.496 e. The van der Waals surface area contributed by atoms with E-state index in [0.29, 0.717) is 40.4 Å². The van der Waals surface area contributed by atoms with Crippen molar-refractivity contribution in [1.29, 1.82) is 0 Å². The van der Waals surface area contributed by atoms with E-state index in [2.05, 4.69) is 45.9 Å². The van der Waals surface area contributed by atoms with E-state index in [1.807, 2.05) is 18.2 Å². The number of hydrogen-bond acceptors (Lipinski definition) is 5. The highest BCUT2D eigenvalue weighted by molar-refractivity contribution is 6.13. The zero-order valence-corrected chi connectivity index (χ0v) is 23.0. The Balaban J connectivity index is 1.92. The number of hydrogen-bond donors (Lipinski definition) is 1. The van der Waals surface area contributed by atoms with Gasteiger partial charge in [0.25, 0.3) is 0 Å². The lowest BCUT2D eigenvalue weighted by Gasteiger charge is -2.44. The first kappa shape index (κ1) is 27.0. The maximum atomic E-state index is 13.9. The summed E-state index contributed by atoms with van der Waals surface area (Å²) in [5, 5.41) is 10.4. The average molecular weight is 505 g/mol. The van der Waals surface area contributed by atoms with Gasteiger partial charge in [-0.05, 0) is 44.9 Å². The summed E-state index contributed by atoms with van der Waals surface area (Å²) in [5.74, 6) is 1.36. The third-order valence-corrected chi connectivity index (χ3v) is 7.99. The Morgan fingerprint density at radius 3 is 2.43 bits per heavy atom. The second kappa shape index (κ2) is 10.7. The molecule has 5 nitrogen and oxygen atoms in total. The van der Waals surface area contributed by atoms with Crippen LogP contribution in [-0.4, -0.2) is 30.7 Å².